The van der Waals surface area contributed by atoms with Crippen LogP contribution in [0.2, 0.25) is 0 Å². The average Bonchev–Trinajstić information content (AvgIpc) is 2.17. The molecule has 0 saturated heterocycles. The van der Waals surface area contributed by atoms with E-state index < -0.39 is 7.32 Å². The van der Waals surface area contributed by atoms with Crippen LogP contribution in [0.4, 0.5) is 0 Å². The number of hydrogen-bond acceptors (Lipinski definition) is 3. The summed E-state index contributed by atoms with van der Waals surface area (Å²) in [5, 5.41) is 17.6. The number of benzene rings is 1. The summed E-state index contributed by atoms with van der Waals surface area (Å²) in [7, 11) is -1.74. The van der Waals surface area contributed by atoms with E-state index in [0.29, 0.717) is 5.75 Å². The zero-order valence-corrected chi connectivity index (χ0v) is 8.53. The molecular formula is C10H15BO3. The molecule has 1 aromatic rings. The summed E-state index contributed by atoms with van der Waals surface area (Å²) >= 11 is 0. The Labute approximate surface area is 84.5 Å². The fraction of sp³-hybridized carbons (Fsp3) is 0.400. The van der Waals surface area contributed by atoms with Crippen LogP contribution in [0.15, 0.2) is 18.2 Å². The van der Waals surface area contributed by atoms with E-state index >= 15 is 0 Å². The maximum absolute atomic E-state index is 8.78. The van der Waals surface area contributed by atoms with Crippen LogP contribution in [0.1, 0.15) is 25.0 Å². The first-order chi connectivity index (χ1) is 6.69. The van der Waals surface area contributed by atoms with Gasteiger partial charge in [0.2, 0.25) is 0 Å². The lowest BCUT2D eigenvalue weighted by Gasteiger charge is -2.13. The van der Waals surface area contributed by atoms with Crippen molar-refractivity contribution in [3.8, 4) is 5.75 Å². The predicted molar refractivity (Wildman–Crippen MR) is 56.0 cm³/mol. The van der Waals surface area contributed by atoms with Gasteiger partial charge in [-0.1, -0.05) is 32.0 Å². The van der Waals surface area contributed by atoms with Gasteiger partial charge in [0, 0.05) is 0 Å². The molecule has 0 atom stereocenters. The third kappa shape index (κ3) is 2.50. The third-order valence-electron chi connectivity index (χ3n) is 2.16. The van der Waals surface area contributed by atoms with Crippen molar-refractivity contribution in [3.05, 3.63) is 29.3 Å². The van der Waals surface area contributed by atoms with E-state index in [1.165, 1.54) is 0 Å². The highest BCUT2D eigenvalue weighted by Crippen LogP contribution is 2.25. The second-order valence-electron chi connectivity index (χ2n) is 3.06. The first-order valence-corrected chi connectivity index (χ1v) is 4.82. The summed E-state index contributed by atoms with van der Waals surface area (Å²) in [6.07, 6.45) is 1.63. The number of hydrogen-bond donors (Lipinski definition) is 2. The lowest BCUT2D eigenvalue weighted by Crippen LogP contribution is -2.22. The van der Waals surface area contributed by atoms with Gasteiger partial charge in [-0.15, -0.1) is 0 Å². The minimum absolute atomic E-state index is 0.604. The van der Waals surface area contributed by atoms with Crippen LogP contribution in [-0.4, -0.2) is 17.4 Å². The molecule has 0 unspecified atom stereocenters. The highest BCUT2D eigenvalue weighted by atomic mass is 16.6. The van der Waals surface area contributed by atoms with Crippen LogP contribution < -0.4 is 4.65 Å². The fourth-order valence-corrected chi connectivity index (χ4v) is 1.45. The van der Waals surface area contributed by atoms with Crippen molar-refractivity contribution in [3.63, 3.8) is 0 Å². The van der Waals surface area contributed by atoms with Crippen LogP contribution in [0, 0.1) is 0 Å². The van der Waals surface area contributed by atoms with Crippen LogP contribution >= 0.6 is 0 Å². The second kappa shape index (κ2) is 5.03. The van der Waals surface area contributed by atoms with Gasteiger partial charge >= 0.3 is 7.32 Å². The molecular weight excluding hydrogens is 179 g/mol. The first-order valence-electron chi connectivity index (χ1n) is 4.82. The molecule has 0 aliphatic carbocycles. The Balaban J connectivity index is 3.05. The predicted octanol–water partition coefficient (Wildman–Crippen LogP) is 1.16. The summed E-state index contributed by atoms with van der Waals surface area (Å²) < 4.78 is 4.97. The van der Waals surface area contributed by atoms with E-state index in [1.807, 2.05) is 32.0 Å². The summed E-state index contributed by atoms with van der Waals surface area (Å²) in [5.74, 6) is 0.604. The van der Waals surface area contributed by atoms with Gasteiger partial charge in [0.1, 0.15) is 5.75 Å². The maximum Gasteiger partial charge on any atom is 0.707 e. The normalized spacial score (nSPS) is 10.0. The lowest BCUT2D eigenvalue weighted by atomic mass is 10.0. The van der Waals surface area contributed by atoms with Gasteiger partial charge in [0.15, 0.2) is 0 Å². The highest BCUT2D eigenvalue weighted by Gasteiger charge is 2.16. The number of rotatable bonds is 4. The number of para-hydroxylation sites is 1. The molecule has 0 saturated carbocycles. The molecule has 3 nitrogen and oxygen atoms in total. The molecule has 1 aromatic carbocycles. The van der Waals surface area contributed by atoms with E-state index in [1.54, 1.807) is 0 Å². The van der Waals surface area contributed by atoms with E-state index in [0.717, 1.165) is 24.0 Å². The van der Waals surface area contributed by atoms with Crippen LogP contribution in [-0.2, 0) is 12.8 Å². The summed E-state index contributed by atoms with van der Waals surface area (Å²) in [6.45, 7) is 4.01. The molecule has 0 aromatic heterocycles. The smallest absolute Gasteiger partial charge is 0.512 e. The van der Waals surface area contributed by atoms with Crippen molar-refractivity contribution in [2.75, 3.05) is 0 Å². The fourth-order valence-electron chi connectivity index (χ4n) is 1.45. The summed E-state index contributed by atoms with van der Waals surface area (Å²) in [4.78, 5) is 0. The average molecular weight is 194 g/mol. The minimum atomic E-state index is -1.74. The van der Waals surface area contributed by atoms with Crippen molar-refractivity contribution in [2.45, 2.75) is 26.7 Å². The molecule has 0 radical (unpaired) electrons. The molecule has 0 amide bonds. The van der Waals surface area contributed by atoms with Crippen molar-refractivity contribution in [2.24, 2.45) is 0 Å². The Hall–Kier alpha value is -0.995. The first kappa shape index (κ1) is 11.1. The van der Waals surface area contributed by atoms with Crippen molar-refractivity contribution >= 4 is 7.32 Å². The van der Waals surface area contributed by atoms with Gasteiger partial charge < -0.3 is 14.7 Å². The largest absolute Gasteiger partial charge is 0.707 e. The molecule has 2 N–H and O–H groups in total. The molecule has 4 heteroatoms. The third-order valence-corrected chi connectivity index (χ3v) is 2.16. The van der Waals surface area contributed by atoms with Crippen LogP contribution in [0.25, 0.3) is 0 Å². The Morgan fingerprint density at radius 1 is 1.14 bits per heavy atom. The molecule has 0 aliphatic rings. The SMILES string of the molecule is CCc1cccc(CC)c1OB(O)O. The standard InChI is InChI=1S/C10H15BO3/c1-3-8-6-5-7-9(4-2)10(8)14-11(12)13/h5-7,12-13H,3-4H2,1-2H3. The highest BCUT2D eigenvalue weighted by molar-refractivity contribution is 6.33. The van der Waals surface area contributed by atoms with Crippen LogP contribution in [0.5, 0.6) is 5.75 Å². The van der Waals surface area contributed by atoms with E-state index in [9.17, 15) is 0 Å². The molecule has 0 spiro atoms. The van der Waals surface area contributed by atoms with Gasteiger partial charge in [-0.25, -0.2) is 0 Å². The van der Waals surface area contributed by atoms with Crippen molar-refractivity contribution in [1.82, 2.24) is 0 Å². The lowest BCUT2D eigenvalue weighted by molar-refractivity contribution is 0.286. The quantitative estimate of drug-likeness (QED) is 0.707. The van der Waals surface area contributed by atoms with Gasteiger partial charge in [0.05, 0.1) is 0 Å². The summed E-state index contributed by atoms with van der Waals surface area (Å²) in [6, 6.07) is 5.81. The molecule has 0 aliphatic heterocycles. The Kier molecular flexibility index (Phi) is 3.98. The Morgan fingerprint density at radius 3 is 2.00 bits per heavy atom. The molecule has 14 heavy (non-hydrogen) atoms. The Bertz CT molecular complexity index is 277. The molecule has 0 fully saturated rings. The zero-order valence-electron chi connectivity index (χ0n) is 8.53. The van der Waals surface area contributed by atoms with E-state index in [4.69, 9.17) is 14.7 Å². The van der Waals surface area contributed by atoms with Gasteiger partial charge in [-0.05, 0) is 24.0 Å². The topological polar surface area (TPSA) is 49.7 Å². The number of aryl methyl sites for hydroxylation is 2. The van der Waals surface area contributed by atoms with E-state index in [-0.39, 0.29) is 0 Å². The Morgan fingerprint density at radius 2 is 1.64 bits per heavy atom. The molecule has 0 heterocycles. The molecule has 1 rings (SSSR count). The van der Waals surface area contributed by atoms with Crippen molar-refractivity contribution < 1.29 is 14.7 Å². The zero-order chi connectivity index (χ0) is 10.6. The minimum Gasteiger partial charge on any atom is -0.512 e. The molecule has 0 bridgehead atoms. The van der Waals surface area contributed by atoms with Crippen molar-refractivity contribution in [1.29, 1.82) is 0 Å². The van der Waals surface area contributed by atoms with Gasteiger partial charge in [-0.2, -0.15) is 0 Å². The monoisotopic (exact) mass is 194 g/mol. The van der Waals surface area contributed by atoms with E-state index in [2.05, 4.69) is 0 Å². The van der Waals surface area contributed by atoms with Crippen LogP contribution in [0.3, 0.4) is 0 Å². The van der Waals surface area contributed by atoms with Gasteiger partial charge in [0.25, 0.3) is 0 Å². The van der Waals surface area contributed by atoms with Gasteiger partial charge in [-0.3, -0.25) is 0 Å². The maximum atomic E-state index is 8.78. The summed E-state index contributed by atoms with van der Waals surface area (Å²) in [5.41, 5.74) is 2.00. The molecule has 76 valence electrons. The second-order valence-corrected chi connectivity index (χ2v) is 3.06.